The van der Waals surface area contributed by atoms with Crippen molar-refractivity contribution in [2.75, 3.05) is 18.4 Å². The summed E-state index contributed by atoms with van der Waals surface area (Å²) >= 11 is 6.53. The smallest absolute Gasteiger partial charge is 0.267 e. The number of nitrogens with zero attached hydrogens (tertiary/aromatic N) is 3. The van der Waals surface area contributed by atoms with Crippen LogP contribution in [0.25, 0.3) is 11.7 Å². The lowest BCUT2D eigenvalue weighted by molar-refractivity contribution is -0.122. The number of fused-ring (bicyclic) bond motifs is 1. The van der Waals surface area contributed by atoms with Gasteiger partial charge in [-0.1, -0.05) is 67.3 Å². The van der Waals surface area contributed by atoms with Crippen molar-refractivity contribution in [1.29, 1.82) is 0 Å². The summed E-state index contributed by atoms with van der Waals surface area (Å²) in [4.78, 5) is 32.9. The number of aryl methyl sites for hydroxylation is 1. The Balaban J connectivity index is 1.76. The normalized spacial score (nSPS) is 16.1. The van der Waals surface area contributed by atoms with E-state index in [9.17, 15) is 14.7 Å². The van der Waals surface area contributed by atoms with Crippen LogP contribution in [-0.2, 0) is 4.79 Å². The molecule has 3 aromatic rings. The van der Waals surface area contributed by atoms with Crippen molar-refractivity contribution in [2.45, 2.75) is 26.4 Å². The maximum absolute atomic E-state index is 13.4. The molecule has 0 aliphatic carbocycles. The number of carbonyl (C=O) groups is 1. The fourth-order valence-electron chi connectivity index (χ4n) is 3.61. The summed E-state index contributed by atoms with van der Waals surface area (Å²) in [5.41, 5.74) is 2.04. The van der Waals surface area contributed by atoms with Crippen molar-refractivity contribution in [3.05, 3.63) is 80.6 Å². The van der Waals surface area contributed by atoms with Gasteiger partial charge in [0.2, 0.25) is 0 Å². The highest BCUT2D eigenvalue weighted by Gasteiger charge is 2.32. The van der Waals surface area contributed by atoms with Gasteiger partial charge in [-0.2, -0.15) is 0 Å². The monoisotopic (exact) mass is 480 g/mol. The molecule has 1 amide bonds. The third-order valence-electron chi connectivity index (χ3n) is 5.33. The number of aromatic nitrogens is 2. The van der Waals surface area contributed by atoms with Gasteiger partial charge in [-0.05, 0) is 36.6 Å². The van der Waals surface area contributed by atoms with Crippen LogP contribution in [0, 0.1) is 6.92 Å². The number of anilines is 1. The van der Waals surface area contributed by atoms with Crippen LogP contribution in [-0.4, -0.2) is 42.7 Å². The SMILES string of the molecule is CCCN1C(=O)/C(=C/c2c(NCC(O)c3ccccc3)nc3c(C)cccn3c2=O)SC1=S. The highest BCUT2D eigenvalue weighted by atomic mass is 32.2. The van der Waals surface area contributed by atoms with Crippen LogP contribution in [0.5, 0.6) is 0 Å². The van der Waals surface area contributed by atoms with Crippen LogP contribution in [0.15, 0.2) is 58.4 Å². The molecule has 4 rings (SSSR count). The second-order valence-electron chi connectivity index (χ2n) is 7.70. The number of rotatable bonds is 7. The van der Waals surface area contributed by atoms with Crippen molar-refractivity contribution < 1.29 is 9.90 Å². The molecule has 1 saturated heterocycles. The molecule has 3 heterocycles. The molecule has 170 valence electrons. The molecule has 1 fully saturated rings. The molecule has 2 aromatic heterocycles. The van der Waals surface area contributed by atoms with E-state index in [1.54, 1.807) is 23.2 Å². The summed E-state index contributed by atoms with van der Waals surface area (Å²) in [5, 5.41) is 13.7. The second-order valence-corrected chi connectivity index (χ2v) is 9.38. The first-order valence-electron chi connectivity index (χ1n) is 10.6. The van der Waals surface area contributed by atoms with E-state index in [4.69, 9.17) is 12.2 Å². The number of amides is 1. The molecule has 0 radical (unpaired) electrons. The van der Waals surface area contributed by atoms with Gasteiger partial charge in [0.15, 0.2) is 0 Å². The maximum Gasteiger partial charge on any atom is 0.267 e. The van der Waals surface area contributed by atoms with Crippen molar-refractivity contribution >= 4 is 51.7 Å². The van der Waals surface area contributed by atoms with E-state index in [0.29, 0.717) is 27.2 Å². The van der Waals surface area contributed by atoms with E-state index in [1.807, 2.05) is 50.2 Å². The van der Waals surface area contributed by atoms with Crippen LogP contribution >= 0.6 is 24.0 Å². The number of aliphatic hydroxyl groups is 1. The molecule has 0 spiro atoms. The Kier molecular flexibility index (Phi) is 6.92. The number of hydrogen-bond donors (Lipinski definition) is 2. The van der Waals surface area contributed by atoms with Gasteiger partial charge >= 0.3 is 0 Å². The zero-order chi connectivity index (χ0) is 23.5. The fraction of sp³-hybridized carbons (Fsp3) is 0.250. The summed E-state index contributed by atoms with van der Waals surface area (Å²) in [6.07, 6.45) is 3.19. The molecular weight excluding hydrogens is 456 g/mol. The van der Waals surface area contributed by atoms with E-state index in [0.717, 1.165) is 17.5 Å². The van der Waals surface area contributed by atoms with E-state index >= 15 is 0 Å². The fourth-order valence-corrected chi connectivity index (χ4v) is 4.90. The lowest BCUT2D eigenvalue weighted by atomic mass is 10.1. The number of thioether (sulfide) groups is 1. The predicted molar refractivity (Wildman–Crippen MR) is 136 cm³/mol. The quantitative estimate of drug-likeness (QED) is 0.393. The molecule has 1 atom stereocenters. The van der Waals surface area contributed by atoms with Gasteiger partial charge in [0, 0.05) is 19.3 Å². The number of carbonyl (C=O) groups excluding carboxylic acids is 1. The second kappa shape index (κ2) is 9.86. The molecule has 1 aliphatic rings. The molecule has 2 N–H and O–H groups in total. The van der Waals surface area contributed by atoms with Crippen molar-refractivity contribution in [2.24, 2.45) is 0 Å². The summed E-state index contributed by atoms with van der Waals surface area (Å²) in [7, 11) is 0. The third-order valence-corrected chi connectivity index (χ3v) is 6.71. The van der Waals surface area contributed by atoms with Crippen LogP contribution in [0.1, 0.15) is 36.1 Å². The number of hydrogen-bond acceptors (Lipinski definition) is 7. The van der Waals surface area contributed by atoms with Crippen LogP contribution < -0.4 is 10.9 Å². The molecule has 0 saturated carbocycles. The number of aliphatic hydroxyl groups excluding tert-OH is 1. The maximum atomic E-state index is 13.4. The van der Waals surface area contributed by atoms with Gasteiger partial charge < -0.3 is 10.4 Å². The molecular formula is C24H24N4O3S2. The first-order valence-corrected chi connectivity index (χ1v) is 11.9. The average Bonchev–Trinajstić information content (AvgIpc) is 3.08. The highest BCUT2D eigenvalue weighted by Crippen LogP contribution is 2.33. The van der Waals surface area contributed by atoms with Crippen LogP contribution in [0.4, 0.5) is 5.82 Å². The van der Waals surface area contributed by atoms with E-state index < -0.39 is 6.10 Å². The zero-order valence-electron chi connectivity index (χ0n) is 18.3. The third kappa shape index (κ3) is 4.71. The summed E-state index contributed by atoms with van der Waals surface area (Å²) in [6, 6.07) is 12.9. The first-order chi connectivity index (χ1) is 15.9. The Morgan fingerprint density at radius 2 is 1.97 bits per heavy atom. The molecule has 33 heavy (non-hydrogen) atoms. The van der Waals surface area contributed by atoms with Crippen molar-refractivity contribution in [3.8, 4) is 0 Å². The minimum atomic E-state index is -0.793. The van der Waals surface area contributed by atoms with E-state index in [1.165, 1.54) is 16.2 Å². The highest BCUT2D eigenvalue weighted by molar-refractivity contribution is 8.26. The number of pyridine rings is 1. The molecule has 9 heteroatoms. The summed E-state index contributed by atoms with van der Waals surface area (Å²) < 4.78 is 1.94. The van der Waals surface area contributed by atoms with Gasteiger partial charge in [0.05, 0.1) is 16.6 Å². The van der Waals surface area contributed by atoms with Gasteiger partial charge in [-0.25, -0.2) is 4.98 Å². The van der Waals surface area contributed by atoms with Gasteiger partial charge in [-0.3, -0.25) is 18.9 Å². The van der Waals surface area contributed by atoms with Crippen LogP contribution in [0.3, 0.4) is 0 Å². The van der Waals surface area contributed by atoms with Gasteiger partial charge in [-0.15, -0.1) is 0 Å². The van der Waals surface area contributed by atoms with E-state index in [-0.39, 0.29) is 23.6 Å². The Bertz CT molecular complexity index is 1300. The first kappa shape index (κ1) is 23.2. The minimum absolute atomic E-state index is 0.149. The Hall–Kier alpha value is -3.01. The zero-order valence-corrected chi connectivity index (χ0v) is 19.9. The average molecular weight is 481 g/mol. The molecule has 1 aliphatic heterocycles. The molecule has 1 unspecified atom stereocenters. The number of benzene rings is 1. The van der Waals surface area contributed by atoms with Crippen molar-refractivity contribution in [3.63, 3.8) is 0 Å². The summed E-state index contributed by atoms with van der Waals surface area (Å²) in [5.74, 6) is 0.0981. The number of nitrogens with one attached hydrogen (secondary N) is 1. The van der Waals surface area contributed by atoms with Gasteiger partial charge in [0.1, 0.15) is 15.8 Å². The number of thiocarbonyl (C=S) groups is 1. The van der Waals surface area contributed by atoms with Crippen LogP contribution in [0.2, 0.25) is 0 Å². The Morgan fingerprint density at radius 3 is 2.70 bits per heavy atom. The topological polar surface area (TPSA) is 86.9 Å². The lowest BCUT2D eigenvalue weighted by Gasteiger charge is -2.15. The van der Waals surface area contributed by atoms with Crippen molar-refractivity contribution in [1.82, 2.24) is 14.3 Å². The standard InChI is InChI=1S/C24H24N4O3S2/c1-3-11-28-23(31)19(33-24(28)32)13-17-20(25-14-18(29)16-9-5-4-6-10-16)26-21-15(2)8-7-12-27(21)22(17)30/h4-10,12-13,18,25,29H,3,11,14H2,1-2H3/b19-13-. The van der Waals surface area contributed by atoms with Gasteiger partial charge in [0.25, 0.3) is 11.5 Å². The van der Waals surface area contributed by atoms with E-state index in [2.05, 4.69) is 10.3 Å². The Labute approximate surface area is 201 Å². The minimum Gasteiger partial charge on any atom is -0.387 e. The predicted octanol–water partition coefficient (Wildman–Crippen LogP) is 3.76. The summed E-state index contributed by atoms with van der Waals surface area (Å²) in [6.45, 7) is 4.53. The Morgan fingerprint density at radius 1 is 1.21 bits per heavy atom. The molecule has 1 aromatic carbocycles. The molecule has 7 nitrogen and oxygen atoms in total. The largest absolute Gasteiger partial charge is 0.387 e. The molecule has 0 bridgehead atoms. The lowest BCUT2D eigenvalue weighted by Crippen LogP contribution is -2.28.